The Balaban J connectivity index is 2.03. The van der Waals surface area contributed by atoms with Crippen LogP contribution in [0.15, 0.2) is 0 Å². The summed E-state index contributed by atoms with van der Waals surface area (Å²) in [5.41, 5.74) is 5.85. The Bertz CT molecular complexity index is 382. The van der Waals surface area contributed by atoms with E-state index in [1.165, 1.54) is 0 Å². The number of aliphatic hydroxyl groups excluding tert-OH is 1. The summed E-state index contributed by atoms with van der Waals surface area (Å²) >= 11 is 0. The van der Waals surface area contributed by atoms with Crippen molar-refractivity contribution in [2.24, 2.45) is 0 Å². The molecule has 2 atom stereocenters. The molecule has 7 nitrogen and oxygen atoms in total. The van der Waals surface area contributed by atoms with Gasteiger partial charge in [0.25, 0.3) is 0 Å². The lowest BCUT2D eigenvalue weighted by molar-refractivity contribution is 0.0706. The molecule has 0 bridgehead atoms. The number of anilines is 2. The van der Waals surface area contributed by atoms with Crippen LogP contribution in [-0.2, 0) is 4.74 Å². The second kappa shape index (κ2) is 6.01. The van der Waals surface area contributed by atoms with Crippen LogP contribution in [-0.4, -0.2) is 46.2 Å². The monoisotopic (exact) mass is 255 g/mol. The predicted octanol–water partition coefficient (Wildman–Crippen LogP) is 0.395. The van der Waals surface area contributed by atoms with Crippen LogP contribution < -0.4 is 11.1 Å². The summed E-state index contributed by atoms with van der Waals surface area (Å²) in [6.07, 6.45) is 3.47. The first-order valence-corrected chi connectivity index (χ1v) is 6.35. The minimum Gasteiger partial charge on any atom is -0.391 e. The minimum absolute atomic E-state index is 0.0516. The second-order valence-electron chi connectivity index (χ2n) is 4.58. The van der Waals surface area contributed by atoms with Crippen LogP contribution in [0.5, 0.6) is 0 Å². The Labute approximate surface area is 106 Å². The maximum Gasteiger partial charge on any atom is 0.244 e. The molecule has 2 unspecified atom stereocenters. The van der Waals surface area contributed by atoms with E-state index in [0.29, 0.717) is 25.0 Å². The highest BCUT2D eigenvalue weighted by molar-refractivity contribution is 5.31. The van der Waals surface area contributed by atoms with Gasteiger partial charge in [0.05, 0.1) is 18.8 Å². The van der Waals surface area contributed by atoms with Gasteiger partial charge in [0.1, 0.15) is 0 Å². The molecule has 102 valence electrons. The molecule has 0 radical (unpaired) electrons. The van der Waals surface area contributed by atoms with E-state index in [4.69, 9.17) is 10.5 Å². The number of methoxy groups -OCH3 is 1. The molecule has 4 N–H and O–H groups in total. The molecule has 18 heavy (non-hydrogen) atoms. The van der Waals surface area contributed by atoms with E-state index in [1.54, 1.807) is 11.8 Å². The van der Waals surface area contributed by atoms with Crippen molar-refractivity contribution in [3.8, 4) is 0 Å². The van der Waals surface area contributed by atoms with E-state index in [-0.39, 0.29) is 12.1 Å². The molecule has 1 saturated carbocycles. The van der Waals surface area contributed by atoms with Gasteiger partial charge in [0.15, 0.2) is 0 Å². The van der Waals surface area contributed by atoms with E-state index in [0.717, 1.165) is 25.7 Å². The lowest BCUT2D eigenvalue weighted by atomic mass is 9.93. The highest BCUT2D eigenvalue weighted by Crippen LogP contribution is 2.29. The van der Waals surface area contributed by atoms with Crippen molar-refractivity contribution in [3.63, 3.8) is 0 Å². The largest absolute Gasteiger partial charge is 0.391 e. The van der Waals surface area contributed by atoms with Crippen LogP contribution in [0.3, 0.4) is 0 Å². The van der Waals surface area contributed by atoms with Gasteiger partial charge in [0.2, 0.25) is 11.9 Å². The Morgan fingerprint density at radius 2 is 2.28 bits per heavy atom. The van der Waals surface area contributed by atoms with Crippen LogP contribution in [0.4, 0.5) is 11.9 Å². The standard InChI is InChI=1S/C11H21N5O2/c1-18-7-6-13-11-14-10(12)16(15-11)8-4-2-3-5-9(8)17/h8-9,17H,2-7H2,1H3,(H3,12,13,14,15). The SMILES string of the molecule is COCCNc1nc(N)n(C2CCCCC2O)n1. The molecule has 0 saturated heterocycles. The average Bonchev–Trinajstić information content (AvgIpc) is 2.71. The summed E-state index contributed by atoms with van der Waals surface area (Å²) < 4.78 is 6.58. The lowest BCUT2D eigenvalue weighted by Crippen LogP contribution is -2.29. The second-order valence-corrected chi connectivity index (χ2v) is 4.58. The van der Waals surface area contributed by atoms with Gasteiger partial charge in [0, 0.05) is 13.7 Å². The van der Waals surface area contributed by atoms with Crippen molar-refractivity contribution < 1.29 is 9.84 Å². The average molecular weight is 255 g/mol. The molecule has 1 aromatic heterocycles. The Hall–Kier alpha value is -1.34. The van der Waals surface area contributed by atoms with E-state index < -0.39 is 0 Å². The topological polar surface area (TPSA) is 98.2 Å². The summed E-state index contributed by atoms with van der Waals surface area (Å²) in [6, 6.07) is -0.0516. The zero-order chi connectivity index (χ0) is 13.0. The van der Waals surface area contributed by atoms with Crippen molar-refractivity contribution in [1.29, 1.82) is 0 Å². The number of hydrogen-bond donors (Lipinski definition) is 3. The molecule has 0 spiro atoms. The van der Waals surface area contributed by atoms with Crippen LogP contribution in [0.2, 0.25) is 0 Å². The van der Waals surface area contributed by atoms with Crippen molar-refractivity contribution in [2.75, 3.05) is 31.3 Å². The summed E-state index contributed by atoms with van der Waals surface area (Å²) in [5.74, 6) is 0.836. The van der Waals surface area contributed by atoms with E-state index >= 15 is 0 Å². The number of rotatable bonds is 5. The van der Waals surface area contributed by atoms with Gasteiger partial charge in [-0.25, -0.2) is 4.68 Å². The van der Waals surface area contributed by atoms with Gasteiger partial charge >= 0.3 is 0 Å². The maximum absolute atomic E-state index is 9.99. The van der Waals surface area contributed by atoms with Crippen LogP contribution >= 0.6 is 0 Å². The first-order chi connectivity index (χ1) is 8.72. The fraction of sp³-hybridized carbons (Fsp3) is 0.818. The number of nitrogens with two attached hydrogens (primary N) is 1. The third kappa shape index (κ3) is 2.91. The van der Waals surface area contributed by atoms with Crippen molar-refractivity contribution in [2.45, 2.75) is 37.8 Å². The summed E-state index contributed by atoms with van der Waals surface area (Å²) in [5, 5.41) is 17.3. The zero-order valence-electron chi connectivity index (χ0n) is 10.7. The third-order valence-corrected chi connectivity index (χ3v) is 3.26. The molecule has 7 heteroatoms. The lowest BCUT2D eigenvalue weighted by Gasteiger charge is -2.27. The maximum atomic E-state index is 9.99. The van der Waals surface area contributed by atoms with Gasteiger partial charge in [-0.2, -0.15) is 4.98 Å². The van der Waals surface area contributed by atoms with Crippen molar-refractivity contribution >= 4 is 11.9 Å². The number of nitrogen functional groups attached to an aromatic ring is 1. The van der Waals surface area contributed by atoms with Crippen molar-refractivity contribution in [1.82, 2.24) is 14.8 Å². The Morgan fingerprint density at radius 3 is 3.00 bits per heavy atom. The fourth-order valence-electron chi connectivity index (χ4n) is 2.30. The Morgan fingerprint density at radius 1 is 1.50 bits per heavy atom. The molecule has 1 aromatic rings. The quantitative estimate of drug-likeness (QED) is 0.659. The van der Waals surface area contributed by atoms with Gasteiger partial charge in [-0.05, 0) is 12.8 Å². The van der Waals surface area contributed by atoms with Crippen LogP contribution in [0.25, 0.3) is 0 Å². The number of ether oxygens (including phenoxy) is 1. The summed E-state index contributed by atoms with van der Waals surface area (Å²) in [6.45, 7) is 1.22. The third-order valence-electron chi connectivity index (χ3n) is 3.26. The number of hydrogen-bond acceptors (Lipinski definition) is 6. The molecule has 0 amide bonds. The molecule has 1 aliphatic rings. The molecule has 1 aliphatic carbocycles. The summed E-state index contributed by atoms with van der Waals surface area (Å²) in [4.78, 5) is 4.14. The molecular formula is C11H21N5O2. The normalized spacial score (nSPS) is 24.1. The molecular weight excluding hydrogens is 234 g/mol. The van der Waals surface area contributed by atoms with Gasteiger partial charge in [-0.3, -0.25) is 0 Å². The fourth-order valence-corrected chi connectivity index (χ4v) is 2.30. The van der Waals surface area contributed by atoms with Gasteiger partial charge < -0.3 is 20.9 Å². The van der Waals surface area contributed by atoms with E-state index in [2.05, 4.69) is 15.4 Å². The van der Waals surface area contributed by atoms with Crippen LogP contribution in [0.1, 0.15) is 31.7 Å². The first-order valence-electron chi connectivity index (χ1n) is 6.35. The van der Waals surface area contributed by atoms with Crippen LogP contribution in [0, 0.1) is 0 Å². The minimum atomic E-state index is -0.380. The molecule has 1 fully saturated rings. The number of nitrogens with one attached hydrogen (secondary N) is 1. The predicted molar refractivity (Wildman–Crippen MR) is 68.3 cm³/mol. The number of nitrogens with zero attached hydrogens (tertiary/aromatic N) is 3. The van der Waals surface area contributed by atoms with Crippen molar-refractivity contribution in [3.05, 3.63) is 0 Å². The van der Waals surface area contributed by atoms with Gasteiger partial charge in [-0.1, -0.05) is 12.8 Å². The zero-order valence-corrected chi connectivity index (χ0v) is 10.7. The van der Waals surface area contributed by atoms with Gasteiger partial charge in [-0.15, -0.1) is 5.10 Å². The Kier molecular flexibility index (Phi) is 4.38. The molecule has 1 heterocycles. The molecule has 0 aromatic carbocycles. The first kappa shape index (κ1) is 13.1. The number of aliphatic hydroxyl groups is 1. The summed E-state index contributed by atoms with van der Waals surface area (Å²) in [7, 11) is 1.64. The highest BCUT2D eigenvalue weighted by Gasteiger charge is 2.27. The molecule has 2 rings (SSSR count). The van der Waals surface area contributed by atoms with E-state index in [1.807, 2.05) is 0 Å². The highest BCUT2D eigenvalue weighted by atomic mass is 16.5. The number of aromatic nitrogens is 3. The van der Waals surface area contributed by atoms with E-state index in [9.17, 15) is 5.11 Å². The molecule has 0 aliphatic heterocycles. The smallest absolute Gasteiger partial charge is 0.244 e.